The Morgan fingerprint density at radius 1 is 0.842 bits per heavy atom. The number of hydrogen-bond acceptors (Lipinski definition) is 2. The molecule has 2 heteroatoms. The number of piperidine rings is 1. The van der Waals surface area contributed by atoms with Crippen molar-refractivity contribution < 1.29 is 0 Å². The molecule has 0 aromatic rings. The molecule has 2 saturated carbocycles. The van der Waals surface area contributed by atoms with Crippen molar-refractivity contribution in [3.63, 3.8) is 0 Å². The molecule has 0 amide bonds. The van der Waals surface area contributed by atoms with Crippen molar-refractivity contribution in [3.8, 4) is 0 Å². The molecule has 4 fully saturated rings. The molecule has 0 spiro atoms. The van der Waals surface area contributed by atoms with Gasteiger partial charge in [-0.2, -0.15) is 0 Å². The highest BCUT2D eigenvalue weighted by Crippen LogP contribution is 2.38. The Balaban J connectivity index is 1.36. The van der Waals surface area contributed by atoms with Crippen LogP contribution in [0.15, 0.2) is 0 Å². The molecule has 2 heterocycles. The van der Waals surface area contributed by atoms with Crippen LogP contribution in [-0.4, -0.2) is 36.1 Å². The second-order valence-corrected chi connectivity index (χ2v) is 7.65. The summed E-state index contributed by atoms with van der Waals surface area (Å²) in [4.78, 5) is 2.87. The fraction of sp³-hybridized carbons (Fsp3) is 1.00. The van der Waals surface area contributed by atoms with E-state index in [4.69, 9.17) is 0 Å². The predicted molar refractivity (Wildman–Crippen MR) is 79.2 cm³/mol. The summed E-state index contributed by atoms with van der Waals surface area (Å²) >= 11 is 0. The molecule has 2 nitrogen and oxygen atoms in total. The van der Waals surface area contributed by atoms with Gasteiger partial charge >= 0.3 is 0 Å². The Kier molecular flexibility index (Phi) is 3.57. The number of rotatable bonds is 2. The van der Waals surface area contributed by atoms with Gasteiger partial charge in [-0.15, -0.1) is 0 Å². The van der Waals surface area contributed by atoms with E-state index in [9.17, 15) is 0 Å². The number of hydrogen-bond donors (Lipinski definition) is 1. The molecule has 1 N–H and O–H groups in total. The molecule has 2 aliphatic heterocycles. The zero-order chi connectivity index (χ0) is 12.7. The van der Waals surface area contributed by atoms with E-state index in [1.165, 1.54) is 77.3 Å². The van der Waals surface area contributed by atoms with E-state index >= 15 is 0 Å². The van der Waals surface area contributed by atoms with Gasteiger partial charge in [0.2, 0.25) is 0 Å². The van der Waals surface area contributed by atoms with Gasteiger partial charge in [0.1, 0.15) is 0 Å². The van der Waals surface area contributed by atoms with Gasteiger partial charge < -0.3 is 5.32 Å². The van der Waals surface area contributed by atoms with Gasteiger partial charge in [0, 0.05) is 24.7 Å². The van der Waals surface area contributed by atoms with Crippen molar-refractivity contribution in [1.29, 1.82) is 0 Å². The fourth-order valence-electron chi connectivity index (χ4n) is 5.64. The lowest BCUT2D eigenvalue weighted by molar-refractivity contribution is 0.103. The van der Waals surface area contributed by atoms with Crippen molar-refractivity contribution >= 4 is 0 Å². The molecular weight excluding hydrogens is 232 g/mol. The van der Waals surface area contributed by atoms with Gasteiger partial charge in [0.15, 0.2) is 0 Å². The third-order valence-electron chi connectivity index (χ3n) is 6.51. The Morgan fingerprint density at radius 2 is 1.68 bits per heavy atom. The summed E-state index contributed by atoms with van der Waals surface area (Å²) in [5, 5.41) is 3.98. The highest BCUT2D eigenvalue weighted by molar-refractivity contribution is 4.96. The molecule has 19 heavy (non-hydrogen) atoms. The quantitative estimate of drug-likeness (QED) is 0.822. The van der Waals surface area contributed by atoms with Gasteiger partial charge in [0.05, 0.1) is 0 Å². The van der Waals surface area contributed by atoms with Crippen LogP contribution in [0.2, 0.25) is 0 Å². The topological polar surface area (TPSA) is 15.3 Å². The molecule has 0 aromatic heterocycles. The van der Waals surface area contributed by atoms with Gasteiger partial charge in [-0.3, -0.25) is 4.90 Å². The van der Waals surface area contributed by atoms with E-state index < -0.39 is 0 Å². The lowest BCUT2D eigenvalue weighted by Crippen LogP contribution is -2.48. The molecule has 5 atom stereocenters. The van der Waals surface area contributed by atoms with Crippen LogP contribution in [0, 0.1) is 11.8 Å². The minimum Gasteiger partial charge on any atom is -0.310 e. The zero-order valence-corrected chi connectivity index (χ0v) is 12.3. The average Bonchev–Trinajstić information content (AvgIpc) is 3.04. The molecule has 0 bridgehead atoms. The van der Waals surface area contributed by atoms with Crippen molar-refractivity contribution in [1.82, 2.24) is 10.2 Å². The van der Waals surface area contributed by atoms with Gasteiger partial charge in [0.25, 0.3) is 0 Å². The first-order valence-electron chi connectivity index (χ1n) is 8.90. The lowest BCUT2D eigenvalue weighted by atomic mass is 9.85. The van der Waals surface area contributed by atoms with Crippen molar-refractivity contribution in [2.75, 3.05) is 13.1 Å². The SMILES string of the molecule is C1CCC2NC(CN3CCCC4CCCC43)CC2C1. The summed E-state index contributed by atoms with van der Waals surface area (Å²) in [6.45, 7) is 2.74. The van der Waals surface area contributed by atoms with Crippen LogP contribution in [0.4, 0.5) is 0 Å². The number of nitrogens with one attached hydrogen (secondary N) is 1. The Labute approximate surface area is 118 Å². The van der Waals surface area contributed by atoms with Crippen molar-refractivity contribution in [2.24, 2.45) is 11.8 Å². The van der Waals surface area contributed by atoms with Crippen LogP contribution in [0.25, 0.3) is 0 Å². The van der Waals surface area contributed by atoms with E-state index in [0.29, 0.717) is 0 Å². The minimum absolute atomic E-state index is 0.812. The van der Waals surface area contributed by atoms with Crippen LogP contribution < -0.4 is 5.32 Å². The maximum atomic E-state index is 3.98. The summed E-state index contributed by atoms with van der Waals surface area (Å²) in [5.74, 6) is 2.07. The minimum atomic E-state index is 0.812. The normalized spacial score (nSPS) is 47.1. The van der Waals surface area contributed by atoms with E-state index in [1.54, 1.807) is 0 Å². The maximum Gasteiger partial charge on any atom is 0.0201 e. The van der Waals surface area contributed by atoms with Crippen LogP contribution in [-0.2, 0) is 0 Å². The third kappa shape index (κ3) is 2.47. The molecule has 0 aromatic carbocycles. The summed E-state index contributed by atoms with van der Waals surface area (Å²) in [6.07, 6.45) is 14.9. The Bertz CT molecular complexity index is 302. The largest absolute Gasteiger partial charge is 0.310 e. The maximum absolute atomic E-state index is 3.98. The van der Waals surface area contributed by atoms with E-state index in [0.717, 1.165) is 30.0 Å². The molecule has 2 aliphatic carbocycles. The highest BCUT2D eigenvalue weighted by atomic mass is 15.2. The summed E-state index contributed by atoms with van der Waals surface area (Å²) in [6, 6.07) is 2.65. The second-order valence-electron chi connectivity index (χ2n) is 7.65. The highest BCUT2D eigenvalue weighted by Gasteiger charge is 2.39. The van der Waals surface area contributed by atoms with E-state index in [2.05, 4.69) is 10.2 Å². The molecule has 108 valence electrons. The lowest BCUT2D eigenvalue weighted by Gasteiger charge is -2.39. The summed E-state index contributed by atoms with van der Waals surface area (Å²) in [7, 11) is 0. The van der Waals surface area contributed by atoms with Crippen LogP contribution in [0.1, 0.15) is 64.2 Å². The number of fused-ring (bicyclic) bond motifs is 2. The molecule has 2 saturated heterocycles. The van der Waals surface area contributed by atoms with E-state index in [1.807, 2.05) is 0 Å². The van der Waals surface area contributed by atoms with Crippen molar-refractivity contribution in [3.05, 3.63) is 0 Å². The third-order valence-corrected chi connectivity index (χ3v) is 6.51. The number of likely N-dealkylation sites (tertiary alicyclic amines) is 1. The van der Waals surface area contributed by atoms with Crippen molar-refractivity contribution in [2.45, 2.75) is 82.3 Å². The first kappa shape index (κ1) is 12.6. The van der Waals surface area contributed by atoms with Gasteiger partial charge in [-0.25, -0.2) is 0 Å². The predicted octanol–water partition coefficient (Wildman–Crippen LogP) is 3.17. The summed E-state index contributed by atoms with van der Waals surface area (Å²) in [5.41, 5.74) is 0. The standard InChI is InChI=1S/C17H30N2/c1-2-8-16-14(5-1)11-15(18-16)12-19-10-4-7-13-6-3-9-17(13)19/h13-18H,1-12H2. The average molecular weight is 262 g/mol. The first-order chi connectivity index (χ1) is 9.40. The Hall–Kier alpha value is -0.0800. The van der Waals surface area contributed by atoms with Gasteiger partial charge in [-0.05, 0) is 63.3 Å². The molecule has 5 unspecified atom stereocenters. The molecular formula is C17H30N2. The smallest absolute Gasteiger partial charge is 0.0201 e. The van der Waals surface area contributed by atoms with Crippen LogP contribution in [0.3, 0.4) is 0 Å². The molecule has 4 rings (SSSR count). The van der Waals surface area contributed by atoms with Crippen LogP contribution in [0.5, 0.6) is 0 Å². The number of nitrogens with zero attached hydrogens (tertiary/aromatic N) is 1. The zero-order valence-electron chi connectivity index (χ0n) is 12.3. The summed E-state index contributed by atoms with van der Waals surface area (Å²) < 4.78 is 0. The monoisotopic (exact) mass is 262 g/mol. The van der Waals surface area contributed by atoms with E-state index in [-0.39, 0.29) is 0 Å². The Morgan fingerprint density at radius 3 is 2.63 bits per heavy atom. The van der Waals surface area contributed by atoms with Gasteiger partial charge in [-0.1, -0.05) is 19.3 Å². The molecule has 0 radical (unpaired) electrons. The fourth-order valence-corrected chi connectivity index (χ4v) is 5.64. The van der Waals surface area contributed by atoms with Crippen LogP contribution >= 0.6 is 0 Å². The first-order valence-corrected chi connectivity index (χ1v) is 8.90. The second kappa shape index (κ2) is 5.37. The molecule has 4 aliphatic rings.